The van der Waals surface area contributed by atoms with Crippen molar-refractivity contribution in [3.63, 3.8) is 0 Å². The van der Waals surface area contributed by atoms with Gasteiger partial charge in [0.25, 0.3) is 9.05 Å². The monoisotopic (exact) mass is 289 g/mol. The molecule has 0 fully saturated rings. The van der Waals surface area contributed by atoms with Gasteiger partial charge in [-0.3, -0.25) is 0 Å². The van der Waals surface area contributed by atoms with E-state index >= 15 is 0 Å². The van der Waals surface area contributed by atoms with Crippen molar-refractivity contribution in [3.05, 3.63) is 11.4 Å². The Morgan fingerprint density at radius 2 is 1.80 bits per heavy atom. The van der Waals surface area contributed by atoms with Crippen molar-refractivity contribution >= 4 is 41.1 Å². The molecule has 0 N–H and O–H groups in total. The van der Waals surface area contributed by atoms with Gasteiger partial charge in [-0.2, -0.15) is 0 Å². The first-order chi connectivity index (χ1) is 6.65. The molecule has 0 bridgehead atoms. The number of sulfonamides is 1. The first kappa shape index (κ1) is 12.9. The van der Waals surface area contributed by atoms with Crippen LogP contribution in [0, 0.1) is 0 Å². The van der Waals surface area contributed by atoms with Crippen LogP contribution >= 0.6 is 22.0 Å². The molecular weight excluding hydrogens is 282 g/mol. The van der Waals surface area contributed by atoms with Crippen molar-refractivity contribution in [1.82, 2.24) is 4.31 Å². The van der Waals surface area contributed by atoms with Gasteiger partial charge < -0.3 is 0 Å². The maximum Gasteiger partial charge on any atom is 0.270 e. The molecule has 0 saturated heterocycles. The third-order valence-corrected chi connectivity index (χ3v) is 6.55. The molecule has 86 valence electrons. The molecule has 0 aliphatic heterocycles. The quantitative estimate of drug-likeness (QED) is 0.776. The molecule has 1 rings (SSSR count). The van der Waals surface area contributed by atoms with Gasteiger partial charge in [0.15, 0.2) is 0 Å². The van der Waals surface area contributed by atoms with Gasteiger partial charge in [-0.25, -0.2) is 21.1 Å². The van der Waals surface area contributed by atoms with Gasteiger partial charge in [-0.1, -0.05) is 0 Å². The highest BCUT2D eigenvalue weighted by Crippen LogP contribution is 2.27. The molecule has 0 spiro atoms. The Kier molecular flexibility index (Phi) is 3.46. The molecule has 15 heavy (non-hydrogen) atoms. The van der Waals surface area contributed by atoms with E-state index in [-0.39, 0.29) is 9.10 Å². The van der Waals surface area contributed by atoms with Crippen molar-refractivity contribution in [1.29, 1.82) is 0 Å². The second-order valence-electron chi connectivity index (χ2n) is 2.83. The van der Waals surface area contributed by atoms with Crippen LogP contribution in [-0.2, 0) is 19.1 Å². The normalized spacial score (nSPS) is 13.3. The second-order valence-corrected chi connectivity index (χ2v) is 8.68. The van der Waals surface area contributed by atoms with Gasteiger partial charge in [0.2, 0.25) is 10.0 Å². The molecule has 0 atom stereocenters. The fourth-order valence-electron chi connectivity index (χ4n) is 0.774. The zero-order valence-electron chi connectivity index (χ0n) is 7.84. The van der Waals surface area contributed by atoms with Gasteiger partial charge in [-0.05, 0) is 6.07 Å². The maximum absolute atomic E-state index is 11.6. The highest BCUT2D eigenvalue weighted by atomic mass is 35.7. The molecule has 9 heteroatoms. The fraction of sp³-hybridized carbons (Fsp3) is 0.333. The first-order valence-electron chi connectivity index (χ1n) is 3.61. The lowest BCUT2D eigenvalue weighted by molar-refractivity contribution is 0.521. The lowest BCUT2D eigenvalue weighted by Crippen LogP contribution is -2.21. The van der Waals surface area contributed by atoms with Crippen LogP contribution in [0.1, 0.15) is 0 Å². The van der Waals surface area contributed by atoms with Crippen LogP contribution in [-0.4, -0.2) is 35.2 Å². The second kappa shape index (κ2) is 4.02. The van der Waals surface area contributed by atoms with E-state index in [1.165, 1.54) is 19.5 Å². The largest absolute Gasteiger partial charge is 0.270 e. The van der Waals surface area contributed by atoms with Crippen LogP contribution in [0.15, 0.2) is 20.6 Å². The highest BCUT2D eigenvalue weighted by molar-refractivity contribution is 8.15. The molecule has 0 aromatic carbocycles. The number of thiophene rings is 1. The summed E-state index contributed by atoms with van der Waals surface area (Å²) in [7, 11) is 0.346. The van der Waals surface area contributed by atoms with Crippen molar-refractivity contribution in [2.75, 3.05) is 14.1 Å². The van der Waals surface area contributed by atoms with Crippen molar-refractivity contribution < 1.29 is 16.8 Å². The smallest absolute Gasteiger partial charge is 0.207 e. The molecule has 0 aliphatic rings. The van der Waals surface area contributed by atoms with E-state index in [0.29, 0.717) is 0 Å². The molecule has 0 unspecified atom stereocenters. The van der Waals surface area contributed by atoms with E-state index in [9.17, 15) is 16.8 Å². The van der Waals surface area contributed by atoms with E-state index in [1.807, 2.05) is 0 Å². The molecule has 0 saturated carbocycles. The lowest BCUT2D eigenvalue weighted by Gasteiger charge is -2.08. The van der Waals surface area contributed by atoms with Crippen molar-refractivity contribution in [3.8, 4) is 0 Å². The van der Waals surface area contributed by atoms with Gasteiger partial charge in [0.05, 0.1) is 4.90 Å². The number of rotatable bonds is 3. The van der Waals surface area contributed by atoms with Crippen LogP contribution in [0.5, 0.6) is 0 Å². The standard InChI is InChI=1S/C6H8ClNO4S3/c1-8(2)15(11,12)5-3-6(13-4-5)14(7,9)10/h3-4H,1-2H3. The first-order valence-corrected chi connectivity index (χ1v) is 8.24. The summed E-state index contributed by atoms with van der Waals surface area (Å²) in [4.78, 5) is -0.0725. The molecule has 1 aromatic rings. The Labute approximate surface area is 96.8 Å². The van der Waals surface area contributed by atoms with Crippen LogP contribution in [0.25, 0.3) is 0 Å². The summed E-state index contributed by atoms with van der Waals surface area (Å²) in [6, 6.07) is 1.04. The Hall–Kier alpha value is -0.150. The van der Waals surface area contributed by atoms with Gasteiger partial charge in [0, 0.05) is 30.2 Å². The molecule has 5 nitrogen and oxygen atoms in total. The van der Waals surface area contributed by atoms with E-state index in [1.54, 1.807) is 0 Å². The summed E-state index contributed by atoms with van der Waals surface area (Å²) >= 11 is 0.775. The van der Waals surface area contributed by atoms with Crippen LogP contribution in [0.4, 0.5) is 0 Å². The maximum atomic E-state index is 11.6. The van der Waals surface area contributed by atoms with E-state index < -0.39 is 19.1 Å². The molecule has 0 aliphatic carbocycles. The number of hydrogen-bond donors (Lipinski definition) is 0. The van der Waals surface area contributed by atoms with E-state index in [2.05, 4.69) is 0 Å². The molecular formula is C6H8ClNO4S3. The molecule has 1 aromatic heterocycles. The van der Waals surface area contributed by atoms with Crippen LogP contribution < -0.4 is 0 Å². The average molecular weight is 290 g/mol. The summed E-state index contributed by atoms with van der Waals surface area (Å²) in [6.07, 6.45) is 0. The Bertz CT molecular complexity index is 557. The molecule has 1 heterocycles. The summed E-state index contributed by atoms with van der Waals surface area (Å²) in [6.45, 7) is 0. The SMILES string of the molecule is CN(C)S(=O)(=O)c1csc(S(=O)(=O)Cl)c1. The highest BCUT2D eigenvalue weighted by Gasteiger charge is 2.22. The zero-order chi connectivity index (χ0) is 11.9. The Morgan fingerprint density at radius 1 is 1.27 bits per heavy atom. The minimum atomic E-state index is -3.86. The summed E-state index contributed by atoms with van der Waals surface area (Å²) in [5.74, 6) is 0. The van der Waals surface area contributed by atoms with Crippen molar-refractivity contribution in [2.24, 2.45) is 0 Å². The third-order valence-electron chi connectivity index (χ3n) is 1.57. The van der Waals surface area contributed by atoms with Gasteiger partial charge >= 0.3 is 0 Å². The lowest BCUT2D eigenvalue weighted by atomic mass is 10.7. The molecule has 0 amide bonds. The summed E-state index contributed by atoms with van der Waals surface area (Å²) in [5.41, 5.74) is 0. The molecule has 0 radical (unpaired) electrons. The Morgan fingerprint density at radius 3 is 2.13 bits per heavy atom. The average Bonchev–Trinajstić information content (AvgIpc) is 2.50. The van der Waals surface area contributed by atoms with Gasteiger partial charge in [-0.15, -0.1) is 11.3 Å². The van der Waals surface area contributed by atoms with Gasteiger partial charge in [0.1, 0.15) is 4.21 Å². The topological polar surface area (TPSA) is 71.5 Å². The zero-order valence-corrected chi connectivity index (χ0v) is 11.0. The fourth-order valence-corrected chi connectivity index (χ4v) is 4.07. The van der Waals surface area contributed by atoms with Crippen LogP contribution in [0.3, 0.4) is 0 Å². The minimum absolute atomic E-state index is 0.0725. The third kappa shape index (κ3) is 2.70. The predicted molar refractivity (Wildman–Crippen MR) is 58.2 cm³/mol. The van der Waals surface area contributed by atoms with Crippen LogP contribution in [0.2, 0.25) is 0 Å². The number of nitrogens with zero attached hydrogens (tertiary/aromatic N) is 1. The summed E-state index contributed by atoms with van der Waals surface area (Å²) in [5, 5.41) is 1.24. The number of halogens is 1. The van der Waals surface area contributed by atoms with E-state index in [0.717, 1.165) is 21.7 Å². The van der Waals surface area contributed by atoms with E-state index in [4.69, 9.17) is 10.7 Å². The Balaban J connectivity index is 3.28. The van der Waals surface area contributed by atoms with Crippen molar-refractivity contribution in [2.45, 2.75) is 9.10 Å². The minimum Gasteiger partial charge on any atom is -0.207 e. The summed E-state index contributed by atoms with van der Waals surface area (Å²) < 4.78 is 45.8. The number of hydrogen-bond acceptors (Lipinski definition) is 5. The predicted octanol–water partition coefficient (Wildman–Crippen LogP) is 0.926.